The van der Waals surface area contributed by atoms with Crippen molar-refractivity contribution in [3.8, 4) is 0 Å². The van der Waals surface area contributed by atoms with Crippen LogP contribution in [0.5, 0.6) is 0 Å². The van der Waals surface area contributed by atoms with E-state index in [0.717, 1.165) is 17.5 Å². The number of amides is 1. The summed E-state index contributed by atoms with van der Waals surface area (Å²) < 4.78 is 7.02. The molecule has 1 amide bonds. The zero-order chi connectivity index (χ0) is 17.1. The summed E-state index contributed by atoms with van der Waals surface area (Å²) in [6.07, 6.45) is 2.46. The number of carbonyl (C=O) groups is 1. The van der Waals surface area contributed by atoms with Gasteiger partial charge in [0.2, 0.25) is 0 Å². The van der Waals surface area contributed by atoms with Gasteiger partial charge in [0.25, 0.3) is 11.5 Å². The molecule has 1 fully saturated rings. The molecule has 1 aromatic carbocycles. The van der Waals surface area contributed by atoms with E-state index in [1.807, 2.05) is 38.1 Å². The predicted molar refractivity (Wildman–Crippen MR) is 92.3 cm³/mol. The summed E-state index contributed by atoms with van der Waals surface area (Å²) in [6, 6.07) is 11.3. The van der Waals surface area contributed by atoms with Gasteiger partial charge in [-0.2, -0.15) is 0 Å². The van der Waals surface area contributed by atoms with Gasteiger partial charge in [-0.15, -0.1) is 0 Å². The number of benzene rings is 1. The van der Waals surface area contributed by atoms with Gasteiger partial charge < -0.3 is 14.6 Å². The quantitative estimate of drug-likeness (QED) is 0.936. The third-order valence-corrected chi connectivity index (χ3v) is 4.39. The molecule has 0 radical (unpaired) electrons. The maximum absolute atomic E-state index is 12.6. The van der Waals surface area contributed by atoms with Gasteiger partial charge in [-0.05, 0) is 38.0 Å². The van der Waals surface area contributed by atoms with Crippen LogP contribution in [0.1, 0.15) is 34.8 Å². The van der Waals surface area contributed by atoms with Crippen LogP contribution in [-0.2, 0) is 11.3 Å². The van der Waals surface area contributed by atoms with Crippen molar-refractivity contribution in [1.29, 1.82) is 0 Å². The van der Waals surface area contributed by atoms with Crippen LogP contribution in [0.3, 0.4) is 0 Å². The van der Waals surface area contributed by atoms with Crippen molar-refractivity contribution in [2.75, 3.05) is 6.61 Å². The Morgan fingerprint density at radius 1 is 1.33 bits per heavy atom. The van der Waals surface area contributed by atoms with Crippen molar-refractivity contribution in [3.05, 3.63) is 69.6 Å². The number of hydrogen-bond acceptors (Lipinski definition) is 3. The summed E-state index contributed by atoms with van der Waals surface area (Å²) in [4.78, 5) is 25.1. The number of aryl methyl sites for hydroxylation is 1. The van der Waals surface area contributed by atoms with E-state index < -0.39 is 0 Å². The summed E-state index contributed by atoms with van der Waals surface area (Å²) in [6.45, 7) is 5.03. The minimum Gasteiger partial charge on any atom is -0.376 e. The van der Waals surface area contributed by atoms with E-state index in [-0.39, 0.29) is 29.2 Å². The highest BCUT2D eigenvalue weighted by molar-refractivity contribution is 5.94. The average molecular weight is 326 g/mol. The summed E-state index contributed by atoms with van der Waals surface area (Å²) in [7, 11) is 0. The largest absolute Gasteiger partial charge is 0.376 e. The standard InChI is InChI=1S/C19H22N2O3/c1-13-5-3-6-15(11-13)12-21-9-4-7-16(19(21)23)18(22)20-17-8-10-24-14(17)2/h3-7,9,11,14,17H,8,10,12H2,1-2H3,(H,20,22)/t14-,17+/m0/s1. The van der Waals surface area contributed by atoms with Crippen LogP contribution in [0.2, 0.25) is 0 Å². The van der Waals surface area contributed by atoms with E-state index >= 15 is 0 Å². The van der Waals surface area contributed by atoms with Gasteiger partial charge in [0.1, 0.15) is 5.56 Å². The first kappa shape index (κ1) is 16.5. The fourth-order valence-electron chi connectivity index (χ4n) is 3.01. The fourth-order valence-corrected chi connectivity index (χ4v) is 3.01. The molecule has 24 heavy (non-hydrogen) atoms. The van der Waals surface area contributed by atoms with E-state index in [0.29, 0.717) is 13.2 Å². The maximum atomic E-state index is 12.6. The lowest BCUT2D eigenvalue weighted by molar-refractivity contribution is 0.0864. The summed E-state index contributed by atoms with van der Waals surface area (Å²) in [5.74, 6) is -0.332. The van der Waals surface area contributed by atoms with Crippen molar-refractivity contribution >= 4 is 5.91 Å². The molecule has 0 aliphatic carbocycles. The Morgan fingerprint density at radius 3 is 2.88 bits per heavy atom. The Kier molecular flexibility index (Phi) is 4.81. The van der Waals surface area contributed by atoms with E-state index in [9.17, 15) is 9.59 Å². The molecule has 2 atom stereocenters. The molecule has 0 bridgehead atoms. The Hall–Kier alpha value is -2.40. The lowest BCUT2D eigenvalue weighted by Gasteiger charge is -2.16. The molecule has 2 heterocycles. The molecule has 1 N–H and O–H groups in total. The van der Waals surface area contributed by atoms with Gasteiger partial charge in [-0.25, -0.2) is 0 Å². The van der Waals surface area contributed by atoms with Crippen LogP contribution < -0.4 is 10.9 Å². The Balaban J connectivity index is 1.80. The van der Waals surface area contributed by atoms with Crippen molar-refractivity contribution in [2.45, 2.75) is 39.0 Å². The predicted octanol–water partition coefficient (Wildman–Crippen LogP) is 2.11. The molecule has 0 spiro atoms. The normalized spacial score (nSPS) is 20.1. The van der Waals surface area contributed by atoms with Crippen molar-refractivity contribution in [3.63, 3.8) is 0 Å². The molecule has 1 aliphatic rings. The first-order valence-corrected chi connectivity index (χ1v) is 8.22. The zero-order valence-electron chi connectivity index (χ0n) is 14.0. The molecule has 126 valence electrons. The first-order chi connectivity index (χ1) is 11.5. The lowest BCUT2D eigenvalue weighted by Crippen LogP contribution is -2.42. The van der Waals surface area contributed by atoms with Crippen molar-refractivity contribution in [1.82, 2.24) is 9.88 Å². The number of aromatic nitrogens is 1. The van der Waals surface area contributed by atoms with Crippen LogP contribution in [0.15, 0.2) is 47.4 Å². The minimum atomic E-state index is -0.332. The van der Waals surface area contributed by atoms with Crippen LogP contribution in [0.4, 0.5) is 0 Å². The number of carbonyl (C=O) groups excluding carboxylic acids is 1. The van der Waals surface area contributed by atoms with Gasteiger partial charge >= 0.3 is 0 Å². The van der Waals surface area contributed by atoms with E-state index in [2.05, 4.69) is 5.32 Å². The van der Waals surface area contributed by atoms with E-state index in [4.69, 9.17) is 4.74 Å². The van der Waals surface area contributed by atoms with Gasteiger partial charge in [0.15, 0.2) is 0 Å². The maximum Gasteiger partial charge on any atom is 0.263 e. The molecule has 5 nitrogen and oxygen atoms in total. The van der Waals surface area contributed by atoms with Crippen molar-refractivity contribution in [2.24, 2.45) is 0 Å². The third-order valence-electron chi connectivity index (χ3n) is 4.39. The first-order valence-electron chi connectivity index (χ1n) is 8.22. The monoisotopic (exact) mass is 326 g/mol. The van der Waals surface area contributed by atoms with Crippen LogP contribution in [0.25, 0.3) is 0 Å². The number of nitrogens with zero attached hydrogens (tertiary/aromatic N) is 1. The van der Waals surface area contributed by atoms with Gasteiger partial charge in [-0.1, -0.05) is 29.8 Å². The molecular weight excluding hydrogens is 304 g/mol. The van der Waals surface area contributed by atoms with E-state index in [1.165, 1.54) is 0 Å². The summed E-state index contributed by atoms with van der Waals surface area (Å²) in [5, 5.41) is 2.91. The molecular formula is C19H22N2O3. The van der Waals surface area contributed by atoms with Gasteiger partial charge in [0, 0.05) is 12.8 Å². The zero-order valence-corrected chi connectivity index (χ0v) is 14.0. The molecule has 5 heteroatoms. The van der Waals surface area contributed by atoms with Crippen LogP contribution in [0, 0.1) is 6.92 Å². The average Bonchev–Trinajstić information content (AvgIpc) is 2.94. The lowest BCUT2D eigenvalue weighted by atomic mass is 10.1. The topological polar surface area (TPSA) is 60.3 Å². The summed E-state index contributed by atoms with van der Waals surface area (Å²) in [5.41, 5.74) is 2.07. The Labute approximate surface area is 141 Å². The third kappa shape index (κ3) is 3.57. The number of pyridine rings is 1. The molecule has 0 unspecified atom stereocenters. The number of hydrogen-bond donors (Lipinski definition) is 1. The summed E-state index contributed by atoms with van der Waals surface area (Å²) >= 11 is 0. The van der Waals surface area contributed by atoms with Crippen LogP contribution >= 0.6 is 0 Å². The Morgan fingerprint density at radius 2 is 2.17 bits per heavy atom. The highest BCUT2D eigenvalue weighted by atomic mass is 16.5. The molecule has 0 saturated carbocycles. The molecule has 1 saturated heterocycles. The number of rotatable bonds is 4. The minimum absolute atomic E-state index is 0.0211. The molecule has 1 aromatic heterocycles. The molecule has 2 aromatic rings. The molecule has 3 rings (SSSR count). The second-order valence-electron chi connectivity index (χ2n) is 6.29. The smallest absolute Gasteiger partial charge is 0.263 e. The number of ether oxygens (including phenoxy) is 1. The number of nitrogens with one attached hydrogen (secondary N) is 1. The van der Waals surface area contributed by atoms with Crippen molar-refractivity contribution < 1.29 is 9.53 Å². The highest BCUT2D eigenvalue weighted by Gasteiger charge is 2.26. The van der Waals surface area contributed by atoms with Gasteiger partial charge in [-0.3, -0.25) is 9.59 Å². The second-order valence-corrected chi connectivity index (χ2v) is 6.29. The van der Waals surface area contributed by atoms with Gasteiger partial charge in [0.05, 0.1) is 18.7 Å². The molecule has 1 aliphatic heterocycles. The van der Waals surface area contributed by atoms with E-state index in [1.54, 1.807) is 22.9 Å². The fraction of sp³-hybridized carbons (Fsp3) is 0.368. The van der Waals surface area contributed by atoms with Crippen LogP contribution in [-0.4, -0.2) is 29.2 Å². The second kappa shape index (κ2) is 7.01. The Bertz CT molecular complexity index is 797. The highest BCUT2D eigenvalue weighted by Crippen LogP contribution is 2.13. The SMILES string of the molecule is Cc1cccc(Cn2cccc(C(=O)N[C@@H]3CCO[C@H]3C)c2=O)c1.